The zero-order valence-corrected chi connectivity index (χ0v) is 32.3. The monoisotopic (exact) mass is 743 g/mol. The number of hydrogen-bond donors (Lipinski definition) is 4. The summed E-state index contributed by atoms with van der Waals surface area (Å²) in [4.78, 5) is 56.5. The van der Waals surface area contributed by atoms with Gasteiger partial charge in [0.1, 0.15) is 23.6 Å². The Hall–Kier alpha value is -4.75. The van der Waals surface area contributed by atoms with Crippen LogP contribution in [0, 0.1) is 5.92 Å². The van der Waals surface area contributed by atoms with Gasteiger partial charge in [-0.2, -0.15) is 5.10 Å². The van der Waals surface area contributed by atoms with Crippen LogP contribution >= 0.6 is 0 Å². The molecular formula is C41H57N7O6. The molecule has 1 saturated carbocycles. The maximum Gasteiger partial charge on any atom is 0.410 e. The Morgan fingerprint density at radius 1 is 0.926 bits per heavy atom. The quantitative estimate of drug-likeness (QED) is 0.197. The molecule has 1 aliphatic carbocycles. The molecule has 0 bridgehead atoms. The molecule has 2 aromatic carbocycles. The fraction of sp³-hybridized carbons (Fsp3) is 0.537. The number of carbonyl (C=O) groups excluding carboxylic acids is 4. The van der Waals surface area contributed by atoms with Gasteiger partial charge in [-0.1, -0.05) is 68.7 Å². The van der Waals surface area contributed by atoms with Crippen molar-refractivity contribution >= 4 is 29.5 Å². The van der Waals surface area contributed by atoms with Gasteiger partial charge in [-0.3, -0.25) is 24.0 Å². The molecule has 2 aliphatic rings. The Kier molecular flexibility index (Phi) is 13.9. The van der Waals surface area contributed by atoms with Gasteiger partial charge in [0, 0.05) is 45.0 Å². The van der Waals surface area contributed by atoms with Crippen LogP contribution in [0.4, 0.5) is 10.5 Å². The third-order valence-corrected chi connectivity index (χ3v) is 10.3. The van der Waals surface area contributed by atoms with Crippen LogP contribution in [-0.2, 0) is 34.2 Å². The van der Waals surface area contributed by atoms with Crippen molar-refractivity contribution in [3.05, 3.63) is 83.7 Å². The van der Waals surface area contributed by atoms with Crippen molar-refractivity contribution in [2.45, 2.75) is 109 Å². The summed E-state index contributed by atoms with van der Waals surface area (Å²) in [7, 11) is 1.69. The third-order valence-electron chi connectivity index (χ3n) is 10.3. The number of aliphatic hydroxyl groups excluding tert-OH is 1. The molecule has 54 heavy (non-hydrogen) atoms. The number of benzene rings is 2. The van der Waals surface area contributed by atoms with Crippen molar-refractivity contribution in [2.75, 3.05) is 25.0 Å². The summed E-state index contributed by atoms with van der Waals surface area (Å²) in [6.07, 6.45) is 6.18. The Balaban J connectivity index is 1.27. The van der Waals surface area contributed by atoms with Gasteiger partial charge >= 0.3 is 6.09 Å². The van der Waals surface area contributed by atoms with Crippen molar-refractivity contribution in [1.29, 1.82) is 0 Å². The number of hydrogen-bond acceptors (Lipinski definition) is 8. The van der Waals surface area contributed by atoms with Crippen molar-refractivity contribution in [2.24, 2.45) is 13.0 Å². The first-order valence-electron chi connectivity index (χ1n) is 19.2. The number of rotatable bonds is 13. The number of piperazine rings is 1. The largest absolute Gasteiger partial charge is 0.444 e. The molecule has 1 unspecified atom stereocenters. The van der Waals surface area contributed by atoms with Gasteiger partial charge in [0.25, 0.3) is 5.91 Å². The maximum absolute atomic E-state index is 13.7. The molecular weight excluding hydrogens is 686 g/mol. The fourth-order valence-corrected chi connectivity index (χ4v) is 7.41. The molecule has 0 spiro atoms. The van der Waals surface area contributed by atoms with Gasteiger partial charge < -0.3 is 30.7 Å². The van der Waals surface area contributed by atoms with E-state index in [1.165, 1.54) is 4.68 Å². The van der Waals surface area contributed by atoms with Crippen molar-refractivity contribution in [3.8, 4) is 0 Å². The summed E-state index contributed by atoms with van der Waals surface area (Å²) in [5, 5.41) is 24.9. The average molecular weight is 744 g/mol. The molecule has 0 radical (unpaired) electrons. The highest BCUT2D eigenvalue weighted by molar-refractivity contribution is 6.00. The molecule has 13 heteroatoms. The summed E-state index contributed by atoms with van der Waals surface area (Å²) in [6, 6.07) is 17.3. The molecule has 1 saturated heterocycles. The van der Waals surface area contributed by atoms with Crippen molar-refractivity contribution in [1.82, 2.24) is 30.2 Å². The molecule has 292 valence electrons. The predicted octanol–water partition coefficient (Wildman–Crippen LogP) is 4.66. The van der Waals surface area contributed by atoms with Gasteiger partial charge in [-0.15, -0.1) is 0 Å². The van der Waals surface area contributed by atoms with E-state index in [1.807, 2.05) is 68.1 Å². The van der Waals surface area contributed by atoms with E-state index in [9.17, 15) is 24.3 Å². The van der Waals surface area contributed by atoms with Crippen LogP contribution in [0.2, 0.25) is 0 Å². The van der Waals surface area contributed by atoms with Crippen LogP contribution in [0.15, 0.2) is 66.9 Å². The Morgan fingerprint density at radius 2 is 1.63 bits per heavy atom. The Morgan fingerprint density at radius 3 is 2.26 bits per heavy atom. The number of anilines is 1. The molecule has 2 heterocycles. The number of amides is 4. The zero-order valence-electron chi connectivity index (χ0n) is 32.3. The van der Waals surface area contributed by atoms with Crippen LogP contribution in [0.3, 0.4) is 0 Å². The first-order chi connectivity index (χ1) is 25.8. The highest BCUT2D eigenvalue weighted by Crippen LogP contribution is 2.28. The second-order valence-electron chi connectivity index (χ2n) is 15.5. The van der Waals surface area contributed by atoms with E-state index in [-0.39, 0.29) is 42.2 Å². The number of aryl methyl sites for hydroxylation is 1. The lowest BCUT2D eigenvalue weighted by Crippen LogP contribution is -2.62. The van der Waals surface area contributed by atoms with E-state index >= 15 is 0 Å². The molecule has 4 atom stereocenters. The van der Waals surface area contributed by atoms with E-state index < -0.39 is 23.9 Å². The SMILES string of the molecule is CCC(=O)N[C@H](Cc1ccc(NC(=O)[C@@H](NC(=O)c2ccnn2C)C2CCCCC2)cc1)C(O)N1CCN(C(=O)OC(C)(C)C)[C@@H](Cc2ccccc2)C1. The van der Waals surface area contributed by atoms with Crippen molar-refractivity contribution < 1.29 is 29.0 Å². The summed E-state index contributed by atoms with van der Waals surface area (Å²) in [5.41, 5.74) is 2.24. The number of aromatic nitrogens is 2. The molecule has 2 fully saturated rings. The van der Waals surface area contributed by atoms with E-state index in [0.29, 0.717) is 43.9 Å². The highest BCUT2D eigenvalue weighted by Gasteiger charge is 2.38. The standard InChI is InChI=1S/C41H57N7O6/c1-6-35(49)44-33(39(52)47-23-24-48(40(53)54-41(2,3)4)32(27-47)25-28-13-9-7-10-14-28)26-29-17-19-31(20-18-29)43-38(51)36(30-15-11-8-12-16-30)45-37(50)34-21-22-42-46(34)5/h7,9-10,13-14,17-22,30,32-33,36,39,52H,6,8,11-12,15-16,23-27H2,1-5H3,(H,43,51)(H,44,49)(H,45,50)/t32-,33+,36-,39?/m0/s1. The lowest BCUT2D eigenvalue weighted by atomic mass is 9.83. The van der Waals surface area contributed by atoms with E-state index in [1.54, 1.807) is 43.3 Å². The van der Waals surface area contributed by atoms with Crippen molar-refractivity contribution in [3.63, 3.8) is 0 Å². The van der Waals surface area contributed by atoms with Crippen LogP contribution < -0.4 is 16.0 Å². The van der Waals surface area contributed by atoms with Gasteiger partial charge in [0.05, 0.1) is 12.1 Å². The highest BCUT2D eigenvalue weighted by atomic mass is 16.6. The maximum atomic E-state index is 13.7. The minimum Gasteiger partial charge on any atom is -0.444 e. The minimum absolute atomic E-state index is 0.0258. The normalized spacial score (nSPS) is 18.6. The summed E-state index contributed by atoms with van der Waals surface area (Å²) in [6.45, 7) is 8.45. The smallest absolute Gasteiger partial charge is 0.410 e. The first-order valence-corrected chi connectivity index (χ1v) is 19.2. The van der Waals surface area contributed by atoms with Gasteiger partial charge in [-0.25, -0.2) is 4.79 Å². The Bertz CT molecular complexity index is 1700. The van der Waals surface area contributed by atoms with Crippen LogP contribution in [0.1, 0.15) is 87.8 Å². The molecule has 5 rings (SSSR count). The van der Waals surface area contributed by atoms with Crippen LogP contribution in [0.25, 0.3) is 0 Å². The molecule has 1 aromatic heterocycles. The zero-order chi connectivity index (χ0) is 38.8. The van der Waals surface area contributed by atoms with Gasteiger partial charge in [0.15, 0.2) is 0 Å². The fourth-order valence-electron chi connectivity index (χ4n) is 7.41. The number of ether oxygens (including phenoxy) is 1. The lowest BCUT2D eigenvalue weighted by molar-refractivity contribution is -0.125. The number of nitrogens with zero attached hydrogens (tertiary/aromatic N) is 4. The van der Waals surface area contributed by atoms with E-state index in [0.717, 1.165) is 43.2 Å². The second kappa shape index (κ2) is 18.5. The minimum atomic E-state index is -1.03. The third kappa shape index (κ3) is 11.1. The summed E-state index contributed by atoms with van der Waals surface area (Å²) >= 11 is 0. The number of carbonyl (C=O) groups is 4. The summed E-state index contributed by atoms with van der Waals surface area (Å²) < 4.78 is 7.24. The molecule has 4 N–H and O–H groups in total. The molecule has 13 nitrogen and oxygen atoms in total. The van der Waals surface area contributed by atoms with Gasteiger partial charge in [-0.05, 0) is 81.7 Å². The van der Waals surface area contributed by atoms with E-state index in [4.69, 9.17) is 4.74 Å². The molecule has 4 amide bonds. The predicted molar refractivity (Wildman–Crippen MR) is 206 cm³/mol. The number of nitrogens with one attached hydrogen (secondary N) is 3. The lowest BCUT2D eigenvalue weighted by Gasteiger charge is -2.45. The first kappa shape index (κ1) is 40.4. The van der Waals surface area contributed by atoms with Crippen LogP contribution in [0.5, 0.6) is 0 Å². The van der Waals surface area contributed by atoms with E-state index in [2.05, 4.69) is 21.0 Å². The average Bonchev–Trinajstić information content (AvgIpc) is 3.59. The topological polar surface area (TPSA) is 158 Å². The number of aliphatic hydroxyl groups is 1. The van der Waals surface area contributed by atoms with Gasteiger partial charge in [0.2, 0.25) is 11.8 Å². The van der Waals surface area contributed by atoms with Crippen LogP contribution in [-0.4, -0.2) is 98.1 Å². The molecule has 1 aliphatic heterocycles. The second-order valence-corrected chi connectivity index (χ2v) is 15.5. The summed E-state index contributed by atoms with van der Waals surface area (Å²) in [5.74, 6) is -0.771. The Labute approximate surface area is 318 Å². The molecule has 3 aromatic rings.